The third-order valence-corrected chi connectivity index (χ3v) is 17.6. The highest BCUT2D eigenvalue weighted by molar-refractivity contribution is 7.47. The van der Waals surface area contributed by atoms with Gasteiger partial charge in [-0.1, -0.05) is 262 Å². The molecule has 5 atom stereocenters. The first-order chi connectivity index (χ1) is 50.7. The molecular formula is C85H138O17P2. The third-order valence-electron chi connectivity index (χ3n) is 15.7. The Morgan fingerprint density at radius 2 is 0.500 bits per heavy atom. The highest BCUT2D eigenvalue weighted by atomic mass is 31.2. The topological polar surface area (TPSA) is 237 Å². The van der Waals surface area contributed by atoms with E-state index in [1.54, 1.807) is 0 Å². The molecule has 5 unspecified atom stereocenters. The maximum atomic E-state index is 13.1. The van der Waals surface area contributed by atoms with Crippen molar-refractivity contribution in [3.8, 4) is 0 Å². The first-order valence-corrected chi connectivity index (χ1v) is 42.4. The van der Waals surface area contributed by atoms with E-state index < -0.39 is 97.5 Å². The molecule has 0 aliphatic rings. The summed E-state index contributed by atoms with van der Waals surface area (Å²) < 4.78 is 68.5. The first kappa shape index (κ1) is 98.4. The van der Waals surface area contributed by atoms with Gasteiger partial charge in [-0.3, -0.25) is 37.3 Å². The fourth-order valence-corrected chi connectivity index (χ4v) is 11.3. The van der Waals surface area contributed by atoms with Crippen LogP contribution in [0.4, 0.5) is 0 Å². The van der Waals surface area contributed by atoms with Crippen LogP contribution in [-0.4, -0.2) is 96.7 Å². The fourth-order valence-electron chi connectivity index (χ4n) is 9.74. The van der Waals surface area contributed by atoms with Crippen molar-refractivity contribution >= 4 is 39.5 Å². The predicted molar refractivity (Wildman–Crippen MR) is 426 cm³/mol. The lowest BCUT2D eigenvalue weighted by molar-refractivity contribution is -0.161. The van der Waals surface area contributed by atoms with E-state index in [1.165, 1.54) is 12.8 Å². The molecule has 0 saturated heterocycles. The molecule has 590 valence electrons. The van der Waals surface area contributed by atoms with Crippen LogP contribution < -0.4 is 0 Å². The molecule has 0 saturated carbocycles. The molecular weight excluding hydrogens is 1350 g/mol. The van der Waals surface area contributed by atoms with Gasteiger partial charge >= 0.3 is 39.5 Å². The van der Waals surface area contributed by atoms with Crippen molar-refractivity contribution in [3.63, 3.8) is 0 Å². The summed E-state index contributed by atoms with van der Waals surface area (Å²) in [5, 5.41) is 10.6. The number of ether oxygens (including phenoxy) is 4. The van der Waals surface area contributed by atoms with Gasteiger partial charge in [0.25, 0.3) is 0 Å². The second-order valence-electron chi connectivity index (χ2n) is 25.5. The molecule has 104 heavy (non-hydrogen) atoms. The monoisotopic (exact) mass is 1490 g/mol. The number of esters is 4. The van der Waals surface area contributed by atoms with E-state index in [2.05, 4.69) is 198 Å². The van der Waals surface area contributed by atoms with Crippen molar-refractivity contribution in [1.29, 1.82) is 0 Å². The van der Waals surface area contributed by atoms with E-state index in [0.717, 1.165) is 193 Å². The van der Waals surface area contributed by atoms with Crippen molar-refractivity contribution in [2.75, 3.05) is 39.6 Å². The first-order valence-electron chi connectivity index (χ1n) is 39.4. The number of allylic oxidation sites excluding steroid dienone is 28. The molecule has 19 heteroatoms. The van der Waals surface area contributed by atoms with Crippen LogP contribution in [0.3, 0.4) is 0 Å². The van der Waals surface area contributed by atoms with Crippen LogP contribution in [0.2, 0.25) is 0 Å². The zero-order chi connectivity index (χ0) is 76.0. The van der Waals surface area contributed by atoms with Crippen molar-refractivity contribution in [1.82, 2.24) is 0 Å². The highest BCUT2D eigenvalue weighted by Crippen LogP contribution is 2.45. The summed E-state index contributed by atoms with van der Waals surface area (Å²) in [4.78, 5) is 73.0. The summed E-state index contributed by atoms with van der Waals surface area (Å²) in [6, 6.07) is 0. The number of phosphoric acid groups is 2. The van der Waals surface area contributed by atoms with E-state index in [9.17, 15) is 43.2 Å². The lowest BCUT2D eigenvalue weighted by Crippen LogP contribution is -2.30. The molecule has 0 fully saturated rings. The standard InChI is InChI=1S/C85H138O17P2/c1-5-9-13-17-21-25-29-32-35-38-39-42-44-47-51-54-58-62-66-70-82(87)95-75-80(101-84(89)71-67-63-59-55-49-28-24-20-16-12-8-4)77-99-103(91,92)97-73-79(86)74-98-104(93,94)100-78-81(102-85(90)72-68-64-60-56-52-48-45-41-37-34-31-27-23-19-15-11-7-3)76-96-83(88)69-65-61-57-53-50-46-43-40-36-33-30-26-22-18-14-10-6-2/h9-11,13-15,20-27,32-37,39,42-43,45-48,51,79-81,86H,5-8,12,16-19,28-31,38,40-41,44,49-50,52-78H2,1-4H3,(H,91,92)(H,93,94)/b13-9-,14-10-,15-11-,24-20-,25-21-,26-22-,27-23-,35-32-,36-33-,37-34-,42-39-,46-43-,48-45-,51-47-. The average molecular weight is 1490 g/mol. The van der Waals surface area contributed by atoms with Gasteiger partial charge in [0.15, 0.2) is 12.2 Å². The number of rotatable bonds is 72. The molecule has 0 spiro atoms. The lowest BCUT2D eigenvalue weighted by Gasteiger charge is -2.21. The molecule has 0 rings (SSSR count). The summed E-state index contributed by atoms with van der Waals surface area (Å²) in [5.74, 6) is -2.29. The van der Waals surface area contributed by atoms with Gasteiger partial charge in [-0.15, -0.1) is 0 Å². The quantitative estimate of drug-likeness (QED) is 0.0169. The van der Waals surface area contributed by atoms with Crippen molar-refractivity contribution < 1.29 is 80.2 Å². The minimum atomic E-state index is -5.00. The lowest BCUT2D eigenvalue weighted by atomic mass is 10.1. The van der Waals surface area contributed by atoms with Crippen LogP contribution in [0.5, 0.6) is 0 Å². The van der Waals surface area contributed by atoms with E-state index in [4.69, 9.17) is 37.0 Å². The maximum Gasteiger partial charge on any atom is 0.472 e. The Morgan fingerprint density at radius 3 is 0.788 bits per heavy atom. The molecule has 0 aromatic carbocycles. The zero-order valence-electron chi connectivity index (χ0n) is 64.4. The highest BCUT2D eigenvalue weighted by Gasteiger charge is 2.30. The van der Waals surface area contributed by atoms with Crippen LogP contribution in [0.15, 0.2) is 170 Å². The molecule has 3 N–H and O–H groups in total. The number of hydrogen-bond acceptors (Lipinski definition) is 15. The fraction of sp³-hybridized carbons (Fsp3) is 0.624. The van der Waals surface area contributed by atoms with Gasteiger partial charge in [-0.2, -0.15) is 0 Å². The Kier molecular flexibility index (Phi) is 71.6. The van der Waals surface area contributed by atoms with E-state index in [1.807, 2.05) is 0 Å². The Hall–Kier alpha value is -5.58. The molecule has 0 bridgehead atoms. The molecule has 0 aromatic heterocycles. The molecule has 0 aliphatic heterocycles. The summed E-state index contributed by atoms with van der Waals surface area (Å²) in [7, 11) is -9.99. The van der Waals surface area contributed by atoms with Gasteiger partial charge in [-0.25, -0.2) is 9.13 Å². The molecule has 0 radical (unpaired) electrons. The van der Waals surface area contributed by atoms with E-state index >= 15 is 0 Å². The Bertz CT molecular complexity index is 2640. The number of unbranched alkanes of at least 4 members (excludes halogenated alkanes) is 18. The molecule has 0 aromatic rings. The largest absolute Gasteiger partial charge is 0.472 e. The number of carbonyl (C=O) groups is 4. The maximum absolute atomic E-state index is 13.1. The predicted octanol–water partition coefficient (Wildman–Crippen LogP) is 23.0. The third kappa shape index (κ3) is 74.7. The van der Waals surface area contributed by atoms with Gasteiger partial charge in [0, 0.05) is 25.7 Å². The van der Waals surface area contributed by atoms with Crippen LogP contribution in [0.25, 0.3) is 0 Å². The van der Waals surface area contributed by atoms with Gasteiger partial charge in [0.1, 0.15) is 19.3 Å². The second kappa shape index (κ2) is 75.6. The van der Waals surface area contributed by atoms with Gasteiger partial charge in [-0.05, 0) is 167 Å². The minimum Gasteiger partial charge on any atom is -0.462 e. The number of hydrogen-bond donors (Lipinski definition) is 3. The van der Waals surface area contributed by atoms with Gasteiger partial charge in [0.2, 0.25) is 0 Å². The Labute approximate surface area is 629 Å². The van der Waals surface area contributed by atoms with Gasteiger partial charge in [0.05, 0.1) is 26.4 Å². The van der Waals surface area contributed by atoms with Crippen LogP contribution in [-0.2, 0) is 65.4 Å². The molecule has 0 amide bonds. The van der Waals surface area contributed by atoms with Crippen molar-refractivity contribution in [3.05, 3.63) is 170 Å². The summed E-state index contributed by atoms with van der Waals surface area (Å²) in [6.45, 7) is 4.37. The number of aliphatic hydroxyl groups excluding tert-OH is 1. The zero-order valence-corrected chi connectivity index (χ0v) is 66.2. The molecule has 17 nitrogen and oxygen atoms in total. The van der Waals surface area contributed by atoms with Crippen LogP contribution in [0.1, 0.15) is 285 Å². The minimum absolute atomic E-state index is 0.0544. The van der Waals surface area contributed by atoms with E-state index in [-0.39, 0.29) is 25.7 Å². The SMILES string of the molecule is CC/C=C\C/C=C\C/C=C\C/C=C\C/C=C\CCCCCC(=O)OCC(COP(=O)(O)OCC(O)COP(=O)(O)OCC(COC(=O)CCCCCC/C=C\C/C=C\C/C=C\C/C=C\CC)OC(=O)CCCCCC/C=C\C/C=C\C/C=C\C/C=C\CC)OC(=O)CCCCCCC/C=C\CCCC. The Balaban J connectivity index is 5.42. The summed E-state index contributed by atoms with van der Waals surface area (Å²) >= 11 is 0. The van der Waals surface area contributed by atoms with Gasteiger partial charge < -0.3 is 33.8 Å². The van der Waals surface area contributed by atoms with Crippen LogP contribution >= 0.6 is 15.6 Å². The average Bonchev–Trinajstić information content (AvgIpc) is 0.931. The second-order valence-corrected chi connectivity index (χ2v) is 28.4. The number of phosphoric ester groups is 2. The van der Waals surface area contributed by atoms with E-state index in [0.29, 0.717) is 25.7 Å². The van der Waals surface area contributed by atoms with Crippen LogP contribution in [0, 0.1) is 0 Å². The number of aliphatic hydroxyl groups is 1. The van der Waals surface area contributed by atoms with Crippen molar-refractivity contribution in [2.45, 2.75) is 303 Å². The summed E-state index contributed by atoms with van der Waals surface area (Å²) in [6.07, 6.45) is 89.1. The smallest absolute Gasteiger partial charge is 0.462 e. The normalized spacial score (nSPS) is 14.8. The molecule has 0 heterocycles. The number of carbonyl (C=O) groups excluding carboxylic acids is 4. The summed E-state index contributed by atoms with van der Waals surface area (Å²) in [5.41, 5.74) is 0. The Morgan fingerprint density at radius 1 is 0.279 bits per heavy atom. The molecule has 0 aliphatic carbocycles. The van der Waals surface area contributed by atoms with Crippen molar-refractivity contribution in [2.24, 2.45) is 0 Å².